The molecule has 3 aromatic heterocycles. The Kier molecular flexibility index (Phi) is 4.65. The summed E-state index contributed by atoms with van der Waals surface area (Å²) in [7, 11) is 6.08. The molecule has 8 nitrogen and oxygen atoms in total. The fourth-order valence-electron chi connectivity index (χ4n) is 3.77. The SMILES string of the molecule is CN(C)Cc1nnc(C2CCN(C(=O)c3cccc4ccnn34)CC2)n1C. The van der Waals surface area contributed by atoms with Gasteiger partial charge in [0.1, 0.15) is 17.3 Å². The smallest absolute Gasteiger partial charge is 0.272 e. The molecule has 0 N–H and O–H groups in total. The molecule has 3 aromatic rings. The van der Waals surface area contributed by atoms with Gasteiger partial charge in [0.15, 0.2) is 0 Å². The Morgan fingerprint density at radius 3 is 2.70 bits per heavy atom. The van der Waals surface area contributed by atoms with Crippen molar-refractivity contribution in [2.75, 3.05) is 27.2 Å². The van der Waals surface area contributed by atoms with Gasteiger partial charge in [0.2, 0.25) is 0 Å². The molecule has 1 saturated heterocycles. The van der Waals surface area contributed by atoms with Gasteiger partial charge in [0.25, 0.3) is 5.91 Å². The van der Waals surface area contributed by atoms with Crippen LogP contribution in [0.15, 0.2) is 30.5 Å². The molecule has 142 valence electrons. The molecule has 1 aliphatic heterocycles. The number of hydrogen-bond acceptors (Lipinski definition) is 5. The summed E-state index contributed by atoms with van der Waals surface area (Å²) in [6.45, 7) is 2.21. The Morgan fingerprint density at radius 1 is 1.19 bits per heavy atom. The molecule has 0 unspecified atom stereocenters. The van der Waals surface area contributed by atoms with Crippen LogP contribution in [0.4, 0.5) is 0 Å². The van der Waals surface area contributed by atoms with E-state index in [4.69, 9.17) is 0 Å². The number of aromatic nitrogens is 5. The summed E-state index contributed by atoms with van der Waals surface area (Å²) in [5.74, 6) is 2.36. The molecular formula is C19H25N7O. The maximum absolute atomic E-state index is 13.0. The van der Waals surface area contributed by atoms with E-state index in [2.05, 4.69) is 24.8 Å². The Hall–Kier alpha value is -2.74. The van der Waals surface area contributed by atoms with Crippen LogP contribution in [0.3, 0.4) is 0 Å². The minimum atomic E-state index is 0.0361. The number of piperidine rings is 1. The third kappa shape index (κ3) is 3.32. The summed E-state index contributed by atoms with van der Waals surface area (Å²) < 4.78 is 3.82. The van der Waals surface area contributed by atoms with Gasteiger partial charge in [-0.3, -0.25) is 4.79 Å². The topological polar surface area (TPSA) is 71.6 Å². The van der Waals surface area contributed by atoms with Gasteiger partial charge >= 0.3 is 0 Å². The number of likely N-dealkylation sites (tertiary alicyclic amines) is 1. The molecule has 1 fully saturated rings. The first-order valence-corrected chi connectivity index (χ1v) is 9.29. The van der Waals surface area contributed by atoms with Gasteiger partial charge in [-0.05, 0) is 45.1 Å². The summed E-state index contributed by atoms with van der Waals surface area (Å²) in [6.07, 6.45) is 3.52. The van der Waals surface area contributed by atoms with Crippen LogP contribution >= 0.6 is 0 Å². The molecule has 0 saturated carbocycles. The first-order valence-electron chi connectivity index (χ1n) is 9.29. The Balaban J connectivity index is 1.45. The van der Waals surface area contributed by atoms with Crippen LogP contribution < -0.4 is 0 Å². The second-order valence-electron chi connectivity index (χ2n) is 7.42. The predicted octanol–water partition coefficient (Wildman–Crippen LogP) is 1.54. The van der Waals surface area contributed by atoms with Gasteiger partial charge in [0, 0.05) is 26.1 Å². The highest BCUT2D eigenvalue weighted by Gasteiger charge is 2.28. The van der Waals surface area contributed by atoms with Crippen molar-refractivity contribution in [1.82, 2.24) is 34.2 Å². The van der Waals surface area contributed by atoms with Crippen LogP contribution in [-0.2, 0) is 13.6 Å². The standard InChI is InChI=1S/C19H25N7O/c1-23(2)13-17-21-22-18(24(17)3)14-8-11-25(12-9-14)19(27)16-6-4-5-15-7-10-20-26(15)16/h4-7,10,14H,8-9,11-13H2,1-3H3. The van der Waals surface area contributed by atoms with E-state index >= 15 is 0 Å². The van der Waals surface area contributed by atoms with Crippen molar-refractivity contribution >= 4 is 11.4 Å². The van der Waals surface area contributed by atoms with Crippen molar-refractivity contribution in [2.24, 2.45) is 7.05 Å². The molecular weight excluding hydrogens is 342 g/mol. The fourth-order valence-corrected chi connectivity index (χ4v) is 3.77. The lowest BCUT2D eigenvalue weighted by Crippen LogP contribution is -2.39. The Labute approximate surface area is 158 Å². The molecule has 1 amide bonds. The first kappa shape index (κ1) is 17.7. The van der Waals surface area contributed by atoms with Crippen LogP contribution in [0.5, 0.6) is 0 Å². The van der Waals surface area contributed by atoms with E-state index in [1.54, 1.807) is 10.7 Å². The maximum atomic E-state index is 13.0. The van der Waals surface area contributed by atoms with Crippen molar-refractivity contribution in [3.8, 4) is 0 Å². The normalized spacial score (nSPS) is 15.8. The van der Waals surface area contributed by atoms with Crippen molar-refractivity contribution in [3.63, 3.8) is 0 Å². The highest BCUT2D eigenvalue weighted by atomic mass is 16.2. The molecule has 8 heteroatoms. The second-order valence-corrected chi connectivity index (χ2v) is 7.42. The molecule has 27 heavy (non-hydrogen) atoms. The average molecular weight is 367 g/mol. The van der Waals surface area contributed by atoms with E-state index in [-0.39, 0.29) is 5.91 Å². The van der Waals surface area contributed by atoms with Gasteiger partial charge in [-0.2, -0.15) is 5.10 Å². The van der Waals surface area contributed by atoms with Crippen LogP contribution in [0.25, 0.3) is 5.52 Å². The lowest BCUT2D eigenvalue weighted by Gasteiger charge is -2.31. The van der Waals surface area contributed by atoms with E-state index in [0.717, 1.165) is 49.6 Å². The molecule has 1 aliphatic rings. The summed E-state index contributed by atoms with van der Waals surface area (Å²) in [4.78, 5) is 17.0. The van der Waals surface area contributed by atoms with Crippen molar-refractivity contribution in [3.05, 3.63) is 47.8 Å². The monoisotopic (exact) mass is 367 g/mol. The Morgan fingerprint density at radius 2 is 1.96 bits per heavy atom. The zero-order valence-corrected chi connectivity index (χ0v) is 16.0. The number of pyridine rings is 1. The molecule has 0 aliphatic carbocycles. The second kappa shape index (κ2) is 7.11. The third-order valence-corrected chi connectivity index (χ3v) is 5.24. The fraction of sp³-hybridized carbons (Fsp3) is 0.474. The maximum Gasteiger partial charge on any atom is 0.272 e. The van der Waals surface area contributed by atoms with E-state index in [1.807, 2.05) is 50.3 Å². The zero-order valence-electron chi connectivity index (χ0n) is 16.0. The highest BCUT2D eigenvalue weighted by Crippen LogP contribution is 2.27. The number of fused-ring (bicyclic) bond motifs is 1. The van der Waals surface area contributed by atoms with Gasteiger partial charge in [-0.25, -0.2) is 4.52 Å². The summed E-state index contributed by atoms with van der Waals surface area (Å²) >= 11 is 0. The van der Waals surface area contributed by atoms with Crippen LogP contribution in [0.2, 0.25) is 0 Å². The minimum absolute atomic E-state index is 0.0361. The van der Waals surface area contributed by atoms with E-state index < -0.39 is 0 Å². The number of amides is 1. The molecule has 4 rings (SSSR count). The molecule has 0 spiro atoms. The van der Waals surface area contributed by atoms with Gasteiger partial charge in [-0.15, -0.1) is 10.2 Å². The zero-order chi connectivity index (χ0) is 19.0. The van der Waals surface area contributed by atoms with Crippen molar-refractivity contribution < 1.29 is 4.79 Å². The number of rotatable bonds is 4. The molecule has 4 heterocycles. The lowest BCUT2D eigenvalue weighted by molar-refractivity contribution is 0.0701. The highest BCUT2D eigenvalue weighted by molar-refractivity contribution is 5.93. The van der Waals surface area contributed by atoms with Crippen LogP contribution in [0, 0.1) is 0 Å². The average Bonchev–Trinajstić information content (AvgIpc) is 3.28. The van der Waals surface area contributed by atoms with E-state index in [0.29, 0.717) is 11.6 Å². The minimum Gasteiger partial charge on any atom is -0.337 e. The molecule has 0 bridgehead atoms. The summed E-state index contributed by atoms with van der Waals surface area (Å²) in [6, 6.07) is 7.60. The van der Waals surface area contributed by atoms with Crippen molar-refractivity contribution in [1.29, 1.82) is 0 Å². The molecule has 0 atom stereocenters. The number of hydrogen-bond donors (Lipinski definition) is 0. The first-order chi connectivity index (χ1) is 13.0. The third-order valence-electron chi connectivity index (χ3n) is 5.24. The van der Waals surface area contributed by atoms with Gasteiger partial charge in [0.05, 0.1) is 18.3 Å². The Bertz CT molecular complexity index is 950. The number of carbonyl (C=O) groups is 1. The molecule has 0 radical (unpaired) electrons. The van der Waals surface area contributed by atoms with Crippen LogP contribution in [-0.4, -0.2) is 67.3 Å². The van der Waals surface area contributed by atoms with E-state index in [9.17, 15) is 4.79 Å². The largest absolute Gasteiger partial charge is 0.337 e. The van der Waals surface area contributed by atoms with E-state index in [1.165, 1.54) is 0 Å². The van der Waals surface area contributed by atoms with Gasteiger partial charge < -0.3 is 14.4 Å². The molecule has 0 aromatic carbocycles. The lowest BCUT2D eigenvalue weighted by atomic mass is 9.95. The number of nitrogens with zero attached hydrogens (tertiary/aromatic N) is 7. The summed E-state index contributed by atoms with van der Waals surface area (Å²) in [5, 5.41) is 13.0. The predicted molar refractivity (Wildman–Crippen MR) is 101 cm³/mol. The van der Waals surface area contributed by atoms with Crippen molar-refractivity contribution in [2.45, 2.75) is 25.3 Å². The van der Waals surface area contributed by atoms with Gasteiger partial charge in [-0.1, -0.05) is 6.07 Å². The quantitative estimate of drug-likeness (QED) is 0.700. The summed E-state index contributed by atoms with van der Waals surface area (Å²) in [5.41, 5.74) is 1.55. The number of carbonyl (C=O) groups excluding carboxylic acids is 1. The van der Waals surface area contributed by atoms with Crippen LogP contribution in [0.1, 0.15) is 40.9 Å².